The first-order valence-corrected chi connectivity index (χ1v) is 22.7. The fourth-order valence-electron chi connectivity index (χ4n) is 5.82. The molecular formula is C40H36IrN2O2Si2-2. The number of aromatic nitrogens is 2. The van der Waals surface area contributed by atoms with Crippen LogP contribution in [0, 0.1) is 12.1 Å². The molecule has 0 saturated heterocycles. The number of benzene rings is 4. The van der Waals surface area contributed by atoms with Crippen LogP contribution in [0.3, 0.4) is 0 Å². The van der Waals surface area contributed by atoms with Crippen LogP contribution in [0.25, 0.3) is 66.4 Å². The van der Waals surface area contributed by atoms with Crippen molar-refractivity contribution in [2.45, 2.75) is 39.3 Å². The second-order valence-corrected chi connectivity index (χ2v) is 23.9. The molecule has 4 heterocycles. The molecule has 0 atom stereocenters. The Labute approximate surface area is 291 Å². The van der Waals surface area contributed by atoms with Gasteiger partial charge in [0.15, 0.2) is 0 Å². The van der Waals surface area contributed by atoms with Crippen molar-refractivity contribution in [3.05, 3.63) is 122 Å². The van der Waals surface area contributed by atoms with E-state index in [2.05, 4.69) is 110 Å². The molecule has 0 aliphatic heterocycles. The van der Waals surface area contributed by atoms with Gasteiger partial charge in [-0.2, -0.15) is 0 Å². The maximum atomic E-state index is 6.22. The van der Waals surface area contributed by atoms with Gasteiger partial charge in [0.25, 0.3) is 0 Å². The van der Waals surface area contributed by atoms with Crippen molar-refractivity contribution in [3.63, 3.8) is 0 Å². The number of furan rings is 2. The van der Waals surface area contributed by atoms with Crippen LogP contribution in [-0.4, -0.2) is 26.1 Å². The van der Waals surface area contributed by atoms with Gasteiger partial charge in [-0.05, 0) is 35.7 Å². The zero-order valence-electron chi connectivity index (χ0n) is 27.4. The molecule has 1 radical (unpaired) electrons. The summed E-state index contributed by atoms with van der Waals surface area (Å²) < 4.78 is 12.4. The summed E-state index contributed by atoms with van der Waals surface area (Å²) in [6.07, 6.45) is 3.60. The zero-order valence-corrected chi connectivity index (χ0v) is 31.8. The SMILES string of the molecule is C[Si](C)(C)c1ccc2c(c1)oc1c(-c3ccccn3)[c-]ccc12.C[Si](C)(C)c1ccc2c(c1)oc1c(-c3ccccn3)[c-]ccc12.[Ir]. The third kappa shape index (κ3) is 6.41. The smallest absolute Gasteiger partial charge is 0.120 e. The second kappa shape index (κ2) is 12.8. The van der Waals surface area contributed by atoms with Gasteiger partial charge >= 0.3 is 0 Å². The summed E-state index contributed by atoms with van der Waals surface area (Å²) in [6.45, 7) is 14.1. The van der Waals surface area contributed by atoms with E-state index in [1.807, 2.05) is 48.5 Å². The Hall–Kier alpha value is -4.14. The van der Waals surface area contributed by atoms with Crippen LogP contribution in [-0.2, 0) is 20.1 Å². The predicted octanol–water partition coefficient (Wildman–Crippen LogP) is 9.98. The molecule has 4 aromatic heterocycles. The van der Waals surface area contributed by atoms with Crippen LogP contribution >= 0.6 is 0 Å². The number of fused-ring (bicyclic) bond motifs is 6. The minimum atomic E-state index is -1.36. The molecule has 0 unspecified atom stereocenters. The van der Waals surface area contributed by atoms with E-state index in [0.717, 1.165) is 66.4 Å². The molecule has 8 aromatic rings. The first-order chi connectivity index (χ1) is 22.1. The normalized spacial score (nSPS) is 11.9. The van der Waals surface area contributed by atoms with Crippen molar-refractivity contribution >= 4 is 70.4 Å². The van der Waals surface area contributed by atoms with Crippen LogP contribution < -0.4 is 10.4 Å². The molecule has 4 nitrogen and oxygen atoms in total. The Morgan fingerprint density at radius 1 is 0.511 bits per heavy atom. The van der Waals surface area contributed by atoms with E-state index in [4.69, 9.17) is 8.83 Å². The number of hydrogen-bond acceptors (Lipinski definition) is 4. The van der Waals surface area contributed by atoms with Gasteiger partial charge in [-0.25, -0.2) is 0 Å². The molecule has 0 fully saturated rings. The Kier molecular flexibility index (Phi) is 8.94. The third-order valence-corrected chi connectivity index (χ3v) is 12.5. The van der Waals surface area contributed by atoms with E-state index < -0.39 is 16.1 Å². The summed E-state index contributed by atoms with van der Waals surface area (Å²) in [5, 5.41) is 7.39. The number of nitrogens with zero attached hydrogens (tertiary/aromatic N) is 2. The molecule has 7 heteroatoms. The van der Waals surface area contributed by atoms with Gasteiger partial charge < -0.3 is 18.8 Å². The largest absolute Gasteiger partial charge is 0.501 e. The zero-order chi connectivity index (χ0) is 32.1. The van der Waals surface area contributed by atoms with Gasteiger partial charge in [0, 0.05) is 43.3 Å². The van der Waals surface area contributed by atoms with Crippen molar-refractivity contribution in [1.82, 2.24) is 9.97 Å². The maximum Gasteiger partial charge on any atom is 0.120 e. The molecule has 0 N–H and O–H groups in total. The monoisotopic (exact) mass is 825 g/mol. The van der Waals surface area contributed by atoms with Crippen molar-refractivity contribution < 1.29 is 28.9 Å². The number of hydrogen-bond donors (Lipinski definition) is 0. The average molecular weight is 825 g/mol. The van der Waals surface area contributed by atoms with Gasteiger partial charge in [0.1, 0.15) is 11.2 Å². The van der Waals surface area contributed by atoms with Crippen molar-refractivity contribution in [2.24, 2.45) is 0 Å². The predicted molar refractivity (Wildman–Crippen MR) is 198 cm³/mol. The number of rotatable bonds is 4. The maximum absolute atomic E-state index is 6.22. The van der Waals surface area contributed by atoms with Crippen LogP contribution in [0.5, 0.6) is 0 Å². The third-order valence-electron chi connectivity index (χ3n) is 8.44. The molecule has 0 amide bonds. The van der Waals surface area contributed by atoms with Crippen molar-refractivity contribution in [3.8, 4) is 22.5 Å². The van der Waals surface area contributed by atoms with Gasteiger partial charge in [-0.15, -0.1) is 36.4 Å². The molecule has 47 heavy (non-hydrogen) atoms. The van der Waals surface area contributed by atoms with Crippen molar-refractivity contribution in [1.29, 1.82) is 0 Å². The van der Waals surface area contributed by atoms with Crippen LogP contribution in [0.4, 0.5) is 0 Å². The van der Waals surface area contributed by atoms with E-state index in [1.54, 1.807) is 12.4 Å². The number of pyridine rings is 2. The summed E-state index contributed by atoms with van der Waals surface area (Å²) in [5.74, 6) is 0. The quantitative estimate of drug-likeness (QED) is 0.131. The molecule has 0 spiro atoms. The first kappa shape index (κ1) is 32.8. The van der Waals surface area contributed by atoms with E-state index in [-0.39, 0.29) is 20.1 Å². The molecule has 237 valence electrons. The summed E-state index contributed by atoms with van der Waals surface area (Å²) in [6, 6.07) is 39.7. The average Bonchev–Trinajstić information content (AvgIpc) is 3.63. The molecule has 0 aliphatic carbocycles. The fraction of sp³-hybridized carbons (Fsp3) is 0.150. The Morgan fingerprint density at radius 3 is 1.30 bits per heavy atom. The Morgan fingerprint density at radius 2 is 0.936 bits per heavy atom. The molecule has 4 aromatic carbocycles. The van der Waals surface area contributed by atoms with E-state index in [0.29, 0.717) is 0 Å². The van der Waals surface area contributed by atoms with Gasteiger partial charge in [-0.1, -0.05) is 120 Å². The summed E-state index contributed by atoms with van der Waals surface area (Å²) in [5.41, 5.74) is 7.28. The minimum Gasteiger partial charge on any atom is -0.501 e. The fourth-order valence-corrected chi connectivity index (χ4v) is 8.11. The molecule has 0 aliphatic rings. The summed E-state index contributed by atoms with van der Waals surface area (Å²) in [7, 11) is -2.71. The molecular weight excluding hydrogens is 789 g/mol. The summed E-state index contributed by atoms with van der Waals surface area (Å²) in [4.78, 5) is 8.88. The van der Waals surface area contributed by atoms with E-state index >= 15 is 0 Å². The van der Waals surface area contributed by atoms with Crippen molar-refractivity contribution in [2.75, 3.05) is 0 Å². The topological polar surface area (TPSA) is 52.1 Å². The van der Waals surface area contributed by atoms with Gasteiger partial charge in [-0.3, -0.25) is 0 Å². The second-order valence-electron chi connectivity index (χ2n) is 13.7. The van der Waals surface area contributed by atoms with Gasteiger partial charge in [0.05, 0.1) is 27.3 Å². The van der Waals surface area contributed by atoms with Crippen LogP contribution in [0.1, 0.15) is 0 Å². The summed E-state index contributed by atoms with van der Waals surface area (Å²) >= 11 is 0. The van der Waals surface area contributed by atoms with Crippen LogP contribution in [0.2, 0.25) is 39.3 Å². The molecule has 0 saturated carbocycles. The van der Waals surface area contributed by atoms with Crippen LogP contribution in [0.15, 0.2) is 118 Å². The standard InChI is InChI=1S/2C20H18NOSi.Ir/c2*1-23(2,3)14-10-11-15-16-7-6-8-17(18-9-4-5-12-21-18)20(16)22-19(15)13-14;/h2*4-7,9-13H,1-3H3;/q2*-1;. The Balaban J connectivity index is 0.000000161. The minimum absolute atomic E-state index is 0. The molecule has 8 rings (SSSR count). The van der Waals surface area contributed by atoms with E-state index in [1.165, 1.54) is 10.4 Å². The van der Waals surface area contributed by atoms with Gasteiger partial charge in [0.2, 0.25) is 0 Å². The Bertz CT molecular complexity index is 2170. The first-order valence-electron chi connectivity index (χ1n) is 15.7. The van der Waals surface area contributed by atoms with E-state index in [9.17, 15) is 0 Å². The molecule has 0 bridgehead atoms.